The first-order valence-corrected chi connectivity index (χ1v) is 4.33. The zero-order valence-corrected chi connectivity index (χ0v) is 9.13. The first-order valence-electron chi connectivity index (χ1n) is 3.51. The summed E-state index contributed by atoms with van der Waals surface area (Å²) in [6.45, 7) is 3.89. The summed E-state index contributed by atoms with van der Waals surface area (Å²) in [6, 6.07) is 1.95. The third-order valence-corrected chi connectivity index (χ3v) is 1.20. The Bertz CT molecular complexity index is 317. The highest BCUT2D eigenvalue weighted by molar-refractivity contribution is 7.80. The van der Waals surface area contributed by atoms with Crippen LogP contribution in [-0.2, 0) is 0 Å². The van der Waals surface area contributed by atoms with Gasteiger partial charge in [0.2, 0.25) is 0 Å². The van der Waals surface area contributed by atoms with Crippen molar-refractivity contribution in [3.63, 3.8) is 0 Å². The van der Waals surface area contributed by atoms with Crippen LogP contribution in [0.5, 0.6) is 0 Å². The van der Waals surface area contributed by atoms with E-state index in [1.807, 2.05) is 19.9 Å². The molecule has 1 heterocycles. The second-order valence-electron chi connectivity index (χ2n) is 2.41. The van der Waals surface area contributed by atoms with Gasteiger partial charge < -0.3 is 16.5 Å². The molecule has 0 spiro atoms. The summed E-state index contributed by atoms with van der Waals surface area (Å²) in [7, 11) is 0. The van der Waals surface area contributed by atoms with Gasteiger partial charge in [-0.2, -0.15) is 0 Å². The van der Waals surface area contributed by atoms with Crippen LogP contribution >= 0.6 is 24.4 Å². The molecule has 0 fully saturated rings. The Labute approximate surface area is 87.4 Å². The highest BCUT2D eigenvalue weighted by Crippen LogP contribution is 1.93. The molecule has 4 nitrogen and oxygen atoms in total. The van der Waals surface area contributed by atoms with Crippen molar-refractivity contribution in [2.75, 3.05) is 0 Å². The topological polar surface area (TPSA) is 80.7 Å². The van der Waals surface area contributed by atoms with Gasteiger partial charge in [0.05, 0.1) is 0 Å². The first kappa shape index (κ1) is 12.0. The van der Waals surface area contributed by atoms with Gasteiger partial charge in [-0.25, -0.2) is 4.98 Å². The standard InChI is InChI=1S/C6H8N2S.CH4N2S/c1-4-3-5(2)8-6(9)7-4;2-1(3)4/h3H,1-2H3,(H,7,8,9);(H4,2,3,4). The maximum absolute atomic E-state index is 4.82. The van der Waals surface area contributed by atoms with Crippen molar-refractivity contribution in [3.8, 4) is 0 Å². The Morgan fingerprint density at radius 3 is 2.23 bits per heavy atom. The largest absolute Gasteiger partial charge is 0.377 e. The quantitative estimate of drug-likeness (QED) is 0.562. The number of aromatic nitrogens is 2. The average Bonchev–Trinajstić information content (AvgIpc) is 1.80. The predicted molar refractivity (Wildman–Crippen MR) is 59.9 cm³/mol. The molecule has 6 heteroatoms. The Hall–Kier alpha value is -1.01. The summed E-state index contributed by atoms with van der Waals surface area (Å²) in [5.41, 5.74) is 11.3. The number of thiocarbonyl (C=S) groups is 1. The summed E-state index contributed by atoms with van der Waals surface area (Å²) in [5.74, 6) is 0. The van der Waals surface area contributed by atoms with Crippen LogP contribution in [-0.4, -0.2) is 15.1 Å². The van der Waals surface area contributed by atoms with Gasteiger partial charge in [-0.3, -0.25) is 0 Å². The summed E-state index contributed by atoms with van der Waals surface area (Å²) < 4.78 is 0.563. The molecular weight excluding hydrogens is 204 g/mol. The molecular formula is C7H12N4S2. The zero-order chi connectivity index (χ0) is 10.4. The third kappa shape index (κ3) is 7.35. The van der Waals surface area contributed by atoms with Crippen molar-refractivity contribution in [3.05, 3.63) is 22.2 Å². The number of nitrogens with zero attached hydrogens (tertiary/aromatic N) is 1. The number of nitrogens with two attached hydrogens (primary N) is 2. The van der Waals surface area contributed by atoms with E-state index in [0.717, 1.165) is 11.4 Å². The van der Waals surface area contributed by atoms with Gasteiger partial charge in [0, 0.05) is 11.4 Å². The molecule has 0 unspecified atom stereocenters. The smallest absolute Gasteiger partial charge is 0.197 e. The second-order valence-corrected chi connectivity index (χ2v) is 3.27. The molecule has 5 N–H and O–H groups in total. The van der Waals surface area contributed by atoms with Gasteiger partial charge in [-0.05, 0) is 44.3 Å². The van der Waals surface area contributed by atoms with Crippen LogP contribution < -0.4 is 11.5 Å². The maximum Gasteiger partial charge on any atom is 0.197 e. The minimum Gasteiger partial charge on any atom is -0.377 e. The Kier molecular flexibility index (Phi) is 5.17. The van der Waals surface area contributed by atoms with E-state index >= 15 is 0 Å². The van der Waals surface area contributed by atoms with Crippen LogP contribution in [0.25, 0.3) is 0 Å². The zero-order valence-electron chi connectivity index (χ0n) is 7.50. The Morgan fingerprint density at radius 2 is 1.92 bits per heavy atom. The molecule has 0 amide bonds. The van der Waals surface area contributed by atoms with Crippen molar-refractivity contribution < 1.29 is 0 Å². The van der Waals surface area contributed by atoms with Gasteiger partial charge in [0.15, 0.2) is 9.88 Å². The summed E-state index contributed by atoms with van der Waals surface area (Å²) in [6.07, 6.45) is 0. The van der Waals surface area contributed by atoms with Gasteiger partial charge in [-0.15, -0.1) is 0 Å². The molecule has 1 rings (SSSR count). The molecule has 0 atom stereocenters. The molecule has 13 heavy (non-hydrogen) atoms. The van der Waals surface area contributed by atoms with Crippen LogP contribution in [0.4, 0.5) is 0 Å². The van der Waals surface area contributed by atoms with E-state index in [1.54, 1.807) is 0 Å². The first-order chi connectivity index (χ1) is 5.91. The van der Waals surface area contributed by atoms with Crippen molar-refractivity contribution >= 4 is 29.5 Å². The summed E-state index contributed by atoms with van der Waals surface area (Å²) in [4.78, 5) is 6.91. The number of hydrogen-bond donors (Lipinski definition) is 3. The van der Waals surface area contributed by atoms with E-state index in [0.29, 0.717) is 4.77 Å². The lowest BCUT2D eigenvalue weighted by molar-refractivity contribution is 1.03. The molecule has 0 aliphatic heterocycles. The minimum atomic E-state index is 0.000000000000000222. The number of rotatable bonds is 0. The van der Waals surface area contributed by atoms with E-state index < -0.39 is 0 Å². The van der Waals surface area contributed by atoms with Crippen LogP contribution in [0.15, 0.2) is 6.07 Å². The molecule has 72 valence electrons. The van der Waals surface area contributed by atoms with Gasteiger partial charge in [0.1, 0.15) is 0 Å². The lowest BCUT2D eigenvalue weighted by atomic mass is 10.4. The second kappa shape index (κ2) is 5.60. The molecule has 0 radical (unpaired) electrons. The number of aromatic amines is 1. The number of nitrogens with one attached hydrogen (secondary N) is 1. The molecule has 0 aliphatic carbocycles. The highest BCUT2D eigenvalue weighted by atomic mass is 32.1. The van der Waals surface area contributed by atoms with Crippen molar-refractivity contribution in [2.24, 2.45) is 11.5 Å². The molecule has 1 aromatic heterocycles. The monoisotopic (exact) mass is 216 g/mol. The lowest BCUT2D eigenvalue weighted by Crippen LogP contribution is -2.18. The molecule has 0 aromatic carbocycles. The average molecular weight is 216 g/mol. The molecule has 0 saturated heterocycles. The SMILES string of the molecule is Cc1cc(C)[nH]c(=S)n1.NC(N)=S. The Balaban J connectivity index is 0.000000310. The van der Waals surface area contributed by atoms with Crippen LogP contribution in [0.1, 0.15) is 11.4 Å². The van der Waals surface area contributed by atoms with Crippen molar-refractivity contribution in [2.45, 2.75) is 13.8 Å². The number of hydrogen-bond acceptors (Lipinski definition) is 3. The van der Waals surface area contributed by atoms with E-state index in [-0.39, 0.29) is 5.11 Å². The lowest BCUT2D eigenvalue weighted by Gasteiger charge is -1.92. The normalized spacial score (nSPS) is 8.46. The summed E-state index contributed by atoms with van der Waals surface area (Å²) in [5, 5.41) is 0.000000000000000222. The fourth-order valence-corrected chi connectivity index (χ4v) is 1.04. The van der Waals surface area contributed by atoms with Gasteiger partial charge in [0.25, 0.3) is 0 Å². The minimum absolute atomic E-state index is 0.000000000000000222. The molecule has 0 bridgehead atoms. The highest BCUT2D eigenvalue weighted by Gasteiger charge is 1.85. The van der Waals surface area contributed by atoms with Crippen LogP contribution in [0.3, 0.4) is 0 Å². The molecule has 0 saturated carbocycles. The van der Waals surface area contributed by atoms with Crippen molar-refractivity contribution in [1.82, 2.24) is 9.97 Å². The fourth-order valence-electron chi connectivity index (χ4n) is 0.738. The van der Waals surface area contributed by atoms with Crippen LogP contribution in [0, 0.1) is 18.6 Å². The number of H-pyrrole nitrogens is 1. The molecule has 0 aliphatic rings. The molecule has 1 aromatic rings. The Morgan fingerprint density at radius 1 is 1.46 bits per heavy atom. The van der Waals surface area contributed by atoms with Gasteiger partial charge in [-0.1, -0.05) is 0 Å². The number of aryl methyl sites for hydroxylation is 2. The van der Waals surface area contributed by atoms with E-state index in [2.05, 4.69) is 33.7 Å². The van der Waals surface area contributed by atoms with E-state index in [4.69, 9.17) is 12.2 Å². The van der Waals surface area contributed by atoms with E-state index in [1.165, 1.54) is 0 Å². The maximum atomic E-state index is 4.82. The van der Waals surface area contributed by atoms with Gasteiger partial charge >= 0.3 is 0 Å². The third-order valence-electron chi connectivity index (χ3n) is 1.01. The van der Waals surface area contributed by atoms with E-state index in [9.17, 15) is 0 Å². The summed E-state index contributed by atoms with van der Waals surface area (Å²) >= 11 is 8.91. The van der Waals surface area contributed by atoms with Crippen molar-refractivity contribution in [1.29, 1.82) is 0 Å². The van der Waals surface area contributed by atoms with Crippen LogP contribution in [0.2, 0.25) is 0 Å². The fraction of sp³-hybridized carbons (Fsp3) is 0.286. The predicted octanol–water partition coefficient (Wildman–Crippen LogP) is 0.945.